The molecule has 0 radical (unpaired) electrons. The van der Waals surface area contributed by atoms with Gasteiger partial charge in [-0.3, -0.25) is 9.69 Å². The number of para-hydroxylation sites is 2. The van der Waals surface area contributed by atoms with Gasteiger partial charge in [0.1, 0.15) is 5.75 Å². The van der Waals surface area contributed by atoms with Gasteiger partial charge < -0.3 is 19.7 Å². The molecule has 33 heavy (non-hydrogen) atoms. The van der Waals surface area contributed by atoms with E-state index in [4.69, 9.17) is 9.84 Å². The Kier molecular flexibility index (Phi) is 5.97. The molecule has 2 aromatic heterocycles. The van der Waals surface area contributed by atoms with E-state index < -0.39 is 0 Å². The van der Waals surface area contributed by atoms with Crippen LogP contribution in [0, 0.1) is 0 Å². The number of nitrogens with zero attached hydrogens (tertiary/aromatic N) is 5. The number of aromatic amines is 1. The predicted molar refractivity (Wildman–Crippen MR) is 124 cm³/mol. The van der Waals surface area contributed by atoms with Gasteiger partial charge in [0.15, 0.2) is 11.6 Å². The van der Waals surface area contributed by atoms with Crippen LogP contribution in [0.1, 0.15) is 16.2 Å². The number of carbonyl (C=O) groups is 1. The van der Waals surface area contributed by atoms with E-state index in [0.717, 1.165) is 37.2 Å². The molecule has 5 rings (SSSR count). The molecule has 2 N–H and O–H groups in total. The normalized spacial score (nSPS) is 14.5. The Balaban J connectivity index is 1.29. The molecule has 0 spiro atoms. The number of aromatic nitrogens is 4. The summed E-state index contributed by atoms with van der Waals surface area (Å²) in [5, 5.41) is 9.14. The number of H-pyrrole nitrogens is 1. The van der Waals surface area contributed by atoms with E-state index in [1.165, 1.54) is 0 Å². The molecule has 0 unspecified atom stereocenters. The highest BCUT2D eigenvalue weighted by Crippen LogP contribution is 2.29. The molecular formula is C24H24N6O3. The van der Waals surface area contributed by atoms with E-state index in [-0.39, 0.29) is 12.4 Å². The summed E-state index contributed by atoms with van der Waals surface area (Å²) >= 11 is 0. The number of rotatable bonds is 7. The van der Waals surface area contributed by atoms with Gasteiger partial charge in [-0.25, -0.2) is 15.0 Å². The molecule has 2 aromatic carbocycles. The average molecular weight is 444 g/mol. The fourth-order valence-corrected chi connectivity index (χ4v) is 3.91. The lowest BCUT2D eigenvalue weighted by Gasteiger charge is -2.35. The SMILES string of the molecule is O=C(c1ccc(Oc2nccnc2N2CCN(CCO)CC2)cc1)c1nc2ccccc2[nH]1. The van der Waals surface area contributed by atoms with Crippen LogP contribution in [0.15, 0.2) is 60.9 Å². The Morgan fingerprint density at radius 2 is 1.76 bits per heavy atom. The number of ether oxygens (including phenoxy) is 1. The van der Waals surface area contributed by atoms with Crippen molar-refractivity contribution in [2.24, 2.45) is 0 Å². The Morgan fingerprint density at radius 1 is 1.00 bits per heavy atom. The minimum absolute atomic E-state index is 0.161. The van der Waals surface area contributed by atoms with Gasteiger partial charge in [-0.1, -0.05) is 12.1 Å². The molecule has 1 aliphatic heterocycles. The summed E-state index contributed by atoms with van der Waals surface area (Å²) in [6, 6.07) is 14.5. The van der Waals surface area contributed by atoms with Crippen molar-refractivity contribution in [2.75, 3.05) is 44.2 Å². The summed E-state index contributed by atoms with van der Waals surface area (Å²) in [6.45, 7) is 4.08. The summed E-state index contributed by atoms with van der Waals surface area (Å²) < 4.78 is 6.02. The molecule has 4 aromatic rings. The number of anilines is 1. The van der Waals surface area contributed by atoms with E-state index in [2.05, 4.69) is 29.7 Å². The zero-order chi connectivity index (χ0) is 22.6. The van der Waals surface area contributed by atoms with Gasteiger partial charge in [0, 0.05) is 50.7 Å². The van der Waals surface area contributed by atoms with Crippen molar-refractivity contribution in [1.29, 1.82) is 0 Å². The highest BCUT2D eigenvalue weighted by molar-refractivity contribution is 6.08. The van der Waals surface area contributed by atoms with Gasteiger partial charge >= 0.3 is 0 Å². The predicted octanol–water partition coefficient (Wildman–Crippen LogP) is 2.49. The number of aliphatic hydroxyl groups excluding tert-OH is 1. The Bertz CT molecular complexity index is 1220. The molecule has 9 nitrogen and oxygen atoms in total. The number of β-amino-alcohol motifs (C(OH)–C–C–N with tert-alkyl or cyclic N) is 1. The Morgan fingerprint density at radius 3 is 2.52 bits per heavy atom. The van der Waals surface area contributed by atoms with Gasteiger partial charge in [-0.15, -0.1) is 0 Å². The molecule has 3 heterocycles. The number of hydrogen-bond donors (Lipinski definition) is 2. The average Bonchev–Trinajstić information content (AvgIpc) is 3.30. The summed E-state index contributed by atoms with van der Waals surface area (Å²) in [4.78, 5) is 33.5. The molecule has 9 heteroatoms. The van der Waals surface area contributed by atoms with Crippen LogP contribution in [-0.2, 0) is 0 Å². The fraction of sp³-hybridized carbons (Fsp3) is 0.250. The van der Waals surface area contributed by atoms with Crippen LogP contribution in [0.5, 0.6) is 11.6 Å². The quantitative estimate of drug-likeness (QED) is 0.419. The molecule has 0 amide bonds. The maximum atomic E-state index is 12.8. The Labute approximate surface area is 190 Å². The lowest BCUT2D eigenvalue weighted by atomic mass is 10.1. The monoisotopic (exact) mass is 444 g/mol. The maximum absolute atomic E-state index is 12.8. The van der Waals surface area contributed by atoms with Crippen molar-refractivity contribution in [3.63, 3.8) is 0 Å². The molecule has 0 aliphatic carbocycles. The third-order valence-electron chi connectivity index (χ3n) is 5.67. The van der Waals surface area contributed by atoms with Crippen molar-refractivity contribution in [1.82, 2.24) is 24.8 Å². The molecule has 168 valence electrons. The topological polar surface area (TPSA) is 107 Å². The van der Waals surface area contributed by atoms with E-state index in [0.29, 0.717) is 35.4 Å². The first kappa shape index (κ1) is 21.0. The van der Waals surface area contributed by atoms with Crippen molar-refractivity contribution in [3.8, 4) is 11.6 Å². The lowest BCUT2D eigenvalue weighted by Crippen LogP contribution is -2.47. The summed E-state index contributed by atoms with van der Waals surface area (Å²) in [6.07, 6.45) is 3.25. The molecule has 1 saturated heterocycles. The first-order chi connectivity index (χ1) is 16.2. The molecule has 0 saturated carbocycles. The zero-order valence-electron chi connectivity index (χ0n) is 18.0. The van der Waals surface area contributed by atoms with Crippen LogP contribution in [0.4, 0.5) is 5.82 Å². The maximum Gasteiger partial charge on any atom is 0.263 e. The molecule has 0 atom stereocenters. The number of hydrogen-bond acceptors (Lipinski definition) is 8. The molecule has 1 fully saturated rings. The summed E-state index contributed by atoms with van der Waals surface area (Å²) in [5.41, 5.74) is 2.10. The highest BCUT2D eigenvalue weighted by atomic mass is 16.5. The summed E-state index contributed by atoms with van der Waals surface area (Å²) in [7, 11) is 0. The number of imidazole rings is 1. The second-order valence-electron chi connectivity index (χ2n) is 7.80. The van der Waals surface area contributed by atoms with Gasteiger partial charge in [0.2, 0.25) is 5.78 Å². The number of aliphatic hydroxyl groups is 1. The van der Waals surface area contributed by atoms with E-state index in [9.17, 15) is 4.79 Å². The molecule has 1 aliphatic rings. The van der Waals surface area contributed by atoms with E-state index in [1.807, 2.05) is 24.3 Å². The van der Waals surface area contributed by atoms with E-state index in [1.54, 1.807) is 36.7 Å². The Hall–Kier alpha value is -3.82. The van der Waals surface area contributed by atoms with Gasteiger partial charge in [0.25, 0.3) is 5.88 Å². The third-order valence-corrected chi connectivity index (χ3v) is 5.67. The van der Waals surface area contributed by atoms with Crippen LogP contribution < -0.4 is 9.64 Å². The van der Waals surface area contributed by atoms with Crippen LogP contribution in [-0.4, -0.2) is 75.1 Å². The number of benzene rings is 2. The van der Waals surface area contributed by atoms with Crippen molar-refractivity contribution in [2.45, 2.75) is 0 Å². The lowest BCUT2D eigenvalue weighted by molar-refractivity contribution is 0.103. The molecular weight excluding hydrogens is 420 g/mol. The number of nitrogens with one attached hydrogen (secondary N) is 1. The van der Waals surface area contributed by atoms with Crippen LogP contribution in [0.3, 0.4) is 0 Å². The number of carbonyl (C=O) groups excluding carboxylic acids is 1. The van der Waals surface area contributed by atoms with Gasteiger partial charge in [0.05, 0.1) is 17.6 Å². The molecule has 0 bridgehead atoms. The van der Waals surface area contributed by atoms with Gasteiger partial charge in [-0.2, -0.15) is 0 Å². The minimum Gasteiger partial charge on any atom is -0.436 e. The number of piperazine rings is 1. The number of ketones is 1. The third kappa shape index (κ3) is 4.55. The standard InChI is InChI=1S/C24H24N6O3/c31-16-15-29-11-13-30(14-12-29)23-24(26-10-9-25-23)33-18-7-5-17(6-8-18)21(32)22-27-19-3-1-2-4-20(19)28-22/h1-10,31H,11-16H2,(H,27,28). The number of fused-ring (bicyclic) bond motifs is 1. The van der Waals surface area contributed by atoms with Crippen LogP contribution in [0.2, 0.25) is 0 Å². The van der Waals surface area contributed by atoms with Gasteiger partial charge in [-0.05, 0) is 36.4 Å². The van der Waals surface area contributed by atoms with Crippen LogP contribution in [0.25, 0.3) is 11.0 Å². The van der Waals surface area contributed by atoms with Crippen molar-refractivity contribution in [3.05, 3.63) is 72.3 Å². The first-order valence-corrected chi connectivity index (χ1v) is 10.9. The first-order valence-electron chi connectivity index (χ1n) is 10.9. The van der Waals surface area contributed by atoms with Crippen molar-refractivity contribution < 1.29 is 14.6 Å². The van der Waals surface area contributed by atoms with Crippen molar-refractivity contribution >= 4 is 22.6 Å². The second-order valence-corrected chi connectivity index (χ2v) is 7.80. The largest absolute Gasteiger partial charge is 0.436 e. The van der Waals surface area contributed by atoms with E-state index >= 15 is 0 Å². The second kappa shape index (κ2) is 9.35. The zero-order valence-corrected chi connectivity index (χ0v) is 18.0. The fourth-order valence-electron chi connectivity index (χ4n) is 3.91. The van der Waals surface area contributed by atoms with Crippen LogP contribution >= 0.6 is 0 Å². The summed E-state index contributed by atoms with van der Waals surface area (Å²) in [5.74, 6) is 1.80. The minimum atomic E-state index is -0.182. The highest BCUT2D eigenvalue weighted by Gasteiger charge is 2.22. The smallest absolute Gasteiger partial charge is 0.263 e.